The van der Waals surface area contributed by atoms with E-state index in [4.69, 9.17) is 11.6 Å². The summed E-state index contributed by atoms with van der Waals surface area (Å²) in [7, 11) is 0. The lowest BCUT2D eigenvalue weighted by atomic mass is 10.1. The Bertz CT molecular complexity index is 685. The van der Waals surface area contributed by atoms with Crippen LogP contribution >= 0.6 is 11.6 Å². The smallest absolute Gasteiger partial charge is 0.262 e. The summed E-state index contributed by atoms with van der Waals surface area (Å²) >= 11 is 5.89. The van der Waals surface area contributed by atoms with Gasteiger partial charge in [-0.05, 0) is 43.7 Å². The number of phenolic OH excluding ortho intramolecular Hbond substituents is 2. The molecule has 2 aromatic carbocycles. The normalized spacial score (nSPS) is 10.4. The van der Waals surface area contributed by atoms with Crippen LogP contribution in [0.3, 0.4) is 0 Å². The average Bonchev–Trinajstić information content (AvgIpc) is 2.46. The van der Waals surface area contributed by atoms with Gasteiger partial charge in [0.1, 0.15) is 11.5 Å². The molecule has 0 aliphatic rings. The molecule has 5 heteroatoms. The molecule has 0 radical (unpaired) electrons. The minimum Gasteiger partial charge on any atom is -0.508 e. The third-order valence-electron chi connectivity index (χ3n) is 3.23. The zero-order valence-corrected chi connectivity index (χ0v) is 12.6. The molecule has 0 aromatic heterocycles. The van der Waals surface area contributed by atoms with E-state index in [1.54, 1.807) is 12.1 Å². The van der Waals surface area contributed by atoms with Crippen LogP contribution in [0.5, 0.6) is 11.5 Å². The van der Waals surface area contributed by atoms with E-state index in [2.05, 4.69) is 0 Å². The second kappa shape index (κ2) is 6.06. The molecule has 4 nitrogen and oxygen atoms in total. The van der Waals surface area contributed by atoms with Crippen molar-refractivity contribution < 1.29 is 15.0 Å². The number of benzene rings is 2. The molecule has 2 rings (SSSR count). The first-order chi connectivity index (χ1) is 9.93. The Morgan fingerprint density at radius 1 is 1.19 bits per heavy atom. The van der Waals surface area contributed by atoms with Gasteiger partial charge in [-0.3, -0.25) is 4.79 Å². The number of carbonyl (C=O) groups is 1. The first-order valence-corrected chi connectivity index (χ1v) is 6.91. The monoisotopic (exact) mass is 305 g/mol. The lowest BCUT2D eigenvalue weighted by molar-refractivity contribution is 0.0985. The molecule has 2 N–H and O–H groups in total. The second-order valence-electron chi connectivity index (χ2n) is 4.68. The maximum atomic E-state index is 12.6. The molecule has 1 amide bonds. The second-order valence-corrected chi connectivity index (χ2v) is 5.12. The minimum atomic E-state index is -0.369. The highest BCUT2D eigenvalue weighted by Gasteiger charge is 2.21. The summed E-state index contributed by atoms with van der Waals surface area (Å²) in [5.41, 5.74) is 1.58. The van der Waals surface area contributed by atoms with E-state index in [0.29, 0.717) is 17.3 Å². The summed E-state index contributed by atoms with van der Waals surface area (Å²) in [6.07, 6.45) is 0. The Morgan fingerprint density at radius 3 is 2.57 bits per heavy atom. The van der Waals surface area contributed by atoms with Crippen molar-refractivity contribution in [2.45, 2.75) is 13.8 Å². The van der Waals surface area contributed by atoms with Crippen molar-refractivity contribution in [2.75, 3.05) is 11.4 Å². The van der Waals surface area contributed by atoms with Gasteiger partial charge in [0.25, 0.3) is 5.91 Å². The van der Waals surface area contributed by atoms with Crippen LogP contribution in [-0.2, 0) is 0 Å². The van der Waals surface area contributed by atoms with Crippen LogP contribution in [0.4, 0.5) is 5.69 Å². The van der Waals surface area contributed by atoms with E-state index >= 15 is 0 Å². The molecular weight excluding hydrogens is 290 g/mol. The van der Waals surface area contributed by atoms with Crippen molar-refractivity contribution in [3.63, 3.8) is 0 Å². The number of nitrogens with zero attached hydrogens (tertiary/aromatic N) is 1. The van der Waals surface area contributed by atoms with Crippen LogP contribution < -0.4 is 4.90 Å². The first kappa shape index (κ1) is 15.2. The fraction of sp³-hybridized carbons (Fsp3) is 0.188. The third kappa shape index (κ3) is 3.11. The van der Waals surface area contributed by atoms with Crippen molar-refractivity contribution in [1.29, 1.82) is 0 Å². The van der Waals surface area contributed by atoms with E-state index < -0.39 is 0 Å². The van der Waals surface area contributed by atoms with E-state index in [-0.39, 0.29) is 23.0 Å². The van der Waals surface area contributed by atoms with Gasteiger partial charge in [0.2, 0.25) is 0 Å². The molecular formula is C16H16ClNO3. The van der Waals surface area contributed by atoms with Crippen LogP contribution in [-0.4, -0.2) is 22.7 Å². The topological polar surface area (TPSA) is 60.8 Å². The third-order valence-corrected chi connectivity index (χ3v) is 3.47. The number of hydrogen-bond acceptors (Lipinski definition) is 3. The number of rotatable bonds is 3. The number of anilines is 1. The van der Waals surface area contributed by atoms with E-state index in [9.17, 15) is 15.0 Å². The SMILES string of the molecule is CCN(C(=O)c1cc(Cl)ccc1O)c1cc(O)ccc1C. The Balaban J connectivity index is 2.48. The van der Waals surface area contributed by atoms with Crippen LogP contribution in [0.1, 0.15) is 22.8 Å². The van der Waals surface area contributed by atoms with Gasteiger partial charge >= 0.3 is 0 Å². The highest BCUT2D eigenvalue weighted by Crippen LogP contribution is 2.29. The van der Waals surface area contributed by atoms with Gasteiger partial charge < -0.3 is 15.1 Å². The zero-order valence-electron chi connectivity index (χ0n) is 11.8. The van der Waals surface area contributed by atoms with E-state index in [0.717, 1.165) is 5.56 Å². The number of phenols is 2. The maximum Gasteiger partial charge on any atom is 0.262 e. The Labute approximate surface area is 128 Å². The standard InChI is InChI=1S/C16H16ClNO3/c1-3-18(14-9-12(19)6-4-10(14)2)16(21)13-8-11(17)5-7-15(13)20/h4-9,19-20H,3H2,1-2H3. The van der Waals surface area contributed by atoms with Crippen molar-refractivity contribution in [1.82, 2.24) is 0 Å². The molecule has 0 aliphatic carbocycles. The van der Waals surface area contributed by atoms with Crippen LogP contribution in [0.25, 0.3) is 0 Å². The van der Waals surface area contributed by atoms with Crippen molar-refractivity contribution in [3.8, 4) is 11.5 Å². The molecule has 0 atom stereocenters. The van der Waals surface area contributed by atoms with Gasteiger partial charge in [0.15, 0.2) is 0 Å². The van der Waals surface area contributed by atoms with Crippen LogP contribution in [0.15, 0.2) is 36.4 Å². The van der Waals surface area contributed by atoms with Crippen molar-refractivity contribution in [2.24, 2.45) is 0 Å². The predicted molar refractivity (Wildman–Crippen MR) is 83.3 cm³/mol. The molecule has 0 heterocycles. The van der Waals surface area contributed by atoms with E-state index in [1.165, 1.54) is 29.2 Å². The van der Waals surface area contributed by atoms with Crippen LogP contribution in [0, 0.1) is 6.92 Å². The number of halogens is 1. The van der Waals surface area contributed by atoms with Crippen molar-refractivity contribution in [3.05, 3.63) is 52.5 Å². The fourth-order valence-corrected chi connectivity index (χ4v) is 2.31. The molecule has 0 spiro atoms. The predicted octanol–water partition coefficient (Wildman–Crippen LogP) is 3.73. The Morgan fingerprint density at radius 2 is 1.90 bits per heavy atom. The highest BCUT2D eigenvalue weighted by atomic mass is 35.5. The molecule has 110 valence electrons. The highest BCUT2D eigenvalue weighted by molar-refractivity contribution is 6.31. The number of carbonyl (C=O) groups excluding carboxylic acids is 1. The summed E-state index contributed by atoms with van der Waals surface area (Å²) in [6.45, 7) is 4.07. The fourth-order valence-electron chi connectivity index (χ4n) is 2.14. The van der Waals surface area contributed by atoms with Gasteiger partial charge in [-0.15, -0.1) is 0 Å². The molecule has 0 unspecified atom stereocenters. The molecule has 0 fully saturated rings. The summed E-state index contributed by atoms with van der Waals surface area (Å²) in [4.78, 5) is 14.1. The van der Waals surface area contributed by atoms with Gasteiger partial charge in [-0.1, -0.05) is 17.7 Å². The largest absolute Gasteiger partial charge is 0.508 e. The summed E-state index contributed by atoms with van der Waals surface area (Å²) in [6, 6.07) is 9.16. The number of aromatic hydroxyl groups is 2. The number of amides is 1. The molecule has 2 aromatic rings. The molecule has 0 saturated carbocycles. The van der Waals surface area contributed by atoms with Gasteiger partial charge in [-0.2, -0.15) is 0 Å². The van der Waals surface area contributed by atoms with Gasteiger partial charge in [0.05, 0.1) is 11.3 Å². The Hall–Kier alpha value is -2.20. The molecule has 0 bridgehead atoms. The summed E-state index contributed by atoms with van der Waals surface area (Å²) < 4.78 is 0. The molecule has 21 heavy (non-hydrogen) atoms. The van der Waals surface area contributed by atoms with Crippen LogP contribution in [0.2, 0.25) is 5.02 Å². The number of aryl methyl sites for hydroxylation is 1. The lowest BCUT2D eigenvalue weighted by Crippen LogP contribution is -2.31. The molecule has 0 saturated heterocycles. The van der Waals surface area contributed by atoms with E-state index in [1.807, 2.05) is 13.8 Å². The van der Waals surface area contributed by atoms with Gasteiger partial charge in [0, 0.05) is 17.6 Å². The van der Waals surface area contributed by atoms with Gasteiger partial charge in [-0.25, -0.2) is 0 Å². The lowest BCUT2D eigenvalue weighted by Gasteiger charge is -2.23. The Kier molecular flexibility index (Phi) is 4.38. The summed E-state index contributed by atoms with van der Waals surface area (Å²) in [5.74, 6) is -0.413. The maximum absolute atomic E-state index is 12.6. The minimum absolute atomic E-state index is 0.0807. The van der Waals surface area contributed by atoms with Crippen molar-refractivity contribution >= 4 is 23.2 Å². The number of hydrogen-bond donors (Lipinski definition) is 2. The molecule has 0 aliphatic heterocycles. The summed E-state index contributed by atoms with van der Waals surface area (Å²) in [5, 5.41) is 19.9. The zero-order chi connectivity index (χ0) is 15.6. The average molecular weight is 306 g/mol. The first-order valence-electron chi connectivity index (χ1n) is 6.54. The quantitative estimate of drug-likeness (QED) is 0.908.